The molecular weight excluding hydrogens is 565 g/mol. The molecule has 0 saturated carbocycles. The smallest absolute Gasteiger partial charge is 0.259 e. The van der Waals surface area contributed by atoms with Gasteiger partial charge >= 0.3 is 0 Å². The minimum atomic E-state index is -0.376. The fraction of sp³-hybridized carbons (Fsp3) is 0.433. The Morgan fingerprint density at radius 3 is 2.63 bits per heavy atom. The Morgan fingerprint density at radius 2 is 1.93 bits per heavy atom. The van der Waals surface area contributed by atoms with Crippen LogP contribution in [0.3, 0.4) is 0 Å². The number of halogens is 2. The third-order valence-electron chi connectivity index (χ3n) is 7.59. The van der Waals surface area contributed by atoms with Crippen molar-refractivity contribution in [1.82, 2.24) is 24.8 Å². The lowest BCUT2D eigenvalue weighted by Gasteiger charge is -2.26. The first-order chi connectivity index (χ1) is 19.9. The Labute approximate surface area is 248 Å². The number of methoxy groups -OCH3 is 1. The average Bonchev–Trinajstić information content (AvgIpc) is 3.40. The van der Waals surface area contributed by atoms with Crippen LogP contribution in [0, 0.1) is 0 Å². The topological polar surface area (TPSA) is 101 Å². The van der Waals surface area contributed by atoms with Crippen LogP contribution in [-0.4, -0.2) is 71.8 Å². The summed E-state index contributed by atoms with van der Waals surface area (Å²) in [7, 11) is 1.46. The number of rotatable bonds is 10. The van der Waals surface area contributed by atoms with Gasteiger partial charge in [-0.15, -0.1) is 0 Å². The van der Waals surface area contributed by atoms with Crippen molar-refractivity contribution < 1.29 is 14.3 Å². The van der Waals surface area contributed by atoms with Gasteiger partial charge < -0.3 is 24.3 Å². The Balaban J connectivity index is 1.54. The predicted molar refractivity (Wildman–Crippen MR) is 164 cm³/mol. The van der Waals surface area contributed by atoms with Gasteiger partial charge in [-0.3, -0.25) is 14.5 Å². The summed E-state index contributed by atoms with van der Waals surface area (Å²) in [6.45, 7) is 9.27. The molecule has 1 amide bonds. The van der Waals surface area contributed by atoms with Gasteiger partial charge in [-0.05, 0) is 57.9 Å². The number of ether oxygens (including phenoxy) is 2. The summed E-state index contributed by atoms with van der Waals surface area (Å²) in [6, 6.07) is 5.34. The van der Waals surface area contributed by atoms with E-state index in [4.69, 9.17) is 32.7 Å². The molecule has 1 fully saturated rings. The summed E-state index contributed by atoms with van der Waals surface area (Å²) >= 11 is 13.5. The average molecular weight is 601 g/mol. The van der Waals surface area contributed by atoms with Gasteiger partial charge in [0.25, 0.3) is 11.5 Å². The molecule has 0 spiro atoms. The van der Waals surface area contributed by atoms with Crippen LogP contribution in [0.5, 0.6) is 5.75 Å². The van der Waals surface area contributed by atoms with Crippen molar-refractivity contribution in [1.29, 1.82) is 0 Å². The van der Waals surface area contributed by atoms with E-state index in [1.54, 1.807) is 16.8 Å². The summed E-state index contributed by atoms with van der Waals surface area (Å²) in [5.41, 5.74) is 3.08. The second-order valence-electron chi connectivity index (χ2n) is 10.1. The van der Waals surface area contributed by atoms with Gasteiger partial charge in [-0.1, -0.05) is 23.2 Å². The monoisotopic (exact) mass is 599 g/mol. The van der Waals surface area contributed by atoms with Crippen molar-refractivity contribution in [3.63, 3.8) is 0 Å². The zero-order valence-electron chi connectivity index (χ0n) is 23.6. The maximum absolute atomic E-state index is 14.0. The first-order valence-electron chi connectivity index (χ1n) is 14.1. The van der Waals surface area contributed by atoms with Crippen LogP contribution in [0.1, 0.15) is 42.7 Å². The summed E-state index contributed by atoms with van der Waals surface area (Å²) < 4.78 is 12.6. The number of carbonyl (C=O) groups is 1. The maximum Gasteiger partial charge on any atom is 0.259 e. The van der Waals surface area contributed by atoms with Crippen molar-refractivity contribution >= 4 is 51.0 Å². The van der Waals surface area contributed by atoms with Crippen LogP contribution in [-0.2, 0) is 17.7 Å². The van der Waals surface area contributed by atoms with Crippen LogP contribution in [0.2, 0.25) is 10.0 Å². The van der Waals surface area contributed by atoms with Crippen molar-refractivity contribution in [3.8, 4) is 16.9 Å². The molecule has 0 unspecified atom stereocenters. The third-order valence-corrected chi connectivity index (χ3v) is 8.36. The fourth-order valence-electron chi connectivity index (χ4n) is 5.51. The van der Waals surface area contributed by atoms with E-state index >= 15 is 0 Å². The highest BCUT2D eigenvalue weighted by atomic mass is 35.5. The van der Waals surface area contributed by atoms with Crippen LogP contribution < -0.4 is 15.6 Å². The number of carbonyl (C=O) groups excluding carboxylic acids is 1. The number of nitrogens with one attached hydrogen (secondary N) is 2. The number of hydrogen-bond acceptors (Lipinski definition) is 6. The quantitative estimate of drug-likeness (QED) is 0.240. The number of nitrogens with zero attached hydrogens (tertiary/aromatic N) is 3. The highest BCUT2D eigenvalue weighted by Crippen LogP contribution is 2.42. The largest absolute Gasteiger partial charge is 0.495 e. The Bertz CT molecular complexity index is 1640. The molecule has 5 rings (SSSR count). The molecule has 2 N–H and O–H groups in total. The number of hydrogen-bond donors (Lipinski definition) is 2. The zero-order chi connectivity index (χ0) is 29.1. The van der Waals surface area contributed by atoms with E-state index in [0.717, 1.165) is 79.7 Å². The molecule has 4 heterocycles. The molecule has 41 heavy (non-hydrogen) atoms. The predicted octanol–water partition coefficient (Wildman–Crippen LogP) is 5.28. The minimum absolute atomic E-state index is 0.0934. The molecule has 0 bridgehead atoms. The number of H-pyrrole nitrogens is 1. The fourth-order valence-corrected chi connectivity index (χ4v) is 6.22. The number of aromatic nitrogens is 3. The number of amides is 1. The van der Waals surface area contributed by atoms with Gasteiger partial charge in [0.2, 0.25) is 0 Å². The lowest BCUT2D eigenvalue weighted by Crippen LogP contribution is -2.36. The second kappa shape index (κ2) is 12.8. The second-order valence-corrected chi connectivity index (χ2v) is 10.9. The zero-order valence-corrected chi connectivity index (χ0v) is 25.1. The lowest BCUT2D eigenvalue weighted by molar-refractivity contribution is 0.0372. The van der Waals surface area contributed by atoms with E-state index in [0.29, 0.717) is 13.1 Å². The van der Waals surface area contributed by atoms with Crippen LogP contribution in [0.4, 0.5) is 0 Å². The lowest BCUT2D eigenvalue weighted by atomic mass is 10.0. The van der Waals surface area contributed by atoms with Crippen molar-refractivity contribution in [2.24, 2.45) is 0 Å². The minimum Gasteiger partial charge on any atom is -0.495 e. The van der Waals surface area contributed by atoms with E-state index in [2.05, 4.69) is 26.3 Å². The van der Waals surface area contributed by atoms with E-state index in [-0.39, 0.29) is 44.0 Å². The highest BCUT2D eigenvalue weighted by molar-refractivity contribution is 6.42. The van der Waals surface area contributed by atoms with Crippen molar-refractivity contribution in [3.05, 3.63) is 56.1 Å². The van der Waals surface area contributed by atoms with E-state index in [9.17, 15) is 9.59 Å². The molecule has 1 saturated heterocycles. The van der Waals surface area contributed by atoms with Gasteiger partial charge in [-0.25, -0.2) is 4.98 Å². The summed E-state index contributed by atoms with van der Waals surface area (Å²) in [5, 5.41) is 4.67. The molecule has 0 radical (unpaired) electrons. The van der Waals surface area contributed by atoms with Gasteiger partial charge in [0.15, 0.2) is 0 Å². The first-order valence-corrected chi connectivity index (χ1v) is 14.8. The van der Waals surface area contributed by atoms with Gasteiger partial charge in [0.05, 0.1) is 47.0 Å². The number of unbranched alkanes of at least 4 members (excludes halogenated alkanes) is 1. The molecule has 1 aliphatic rings. The summed E-state index contributed by atoms with van der Waals surface area (Å²) in [4.78, 5) is 37.3. The number of fused-ring (bicyclic) bond motifs is 3. The molecule has 1 aliphatic heterocycles. The third kappa shape index (κ3) is 5.81. The van der Waals surface area contributed by atoms with Crippen LogP contribution >= 0.6 is 23.2 Å². The molecule has 11 heteroatoms. The number of pyridine rings is 2. The summed E-state index contributed by atoms with van der Waals surface area (Å²) in [6.07, 6.45) is 4.80. The molecule has 0 aliphatic carbocycles. The van der Waals surface area contributed by atoms with Crippen LogP contribution in [0.25, 0.3) is 33.1 Å². The molecule has 9 nitrogen and oxygen atoms in total. The number of morpholine rings is 1. The Hall–Kier alpha value is -3.11. The Kier molecular flexibility index (Phi) is 9.19. The molecule has 218 valence electrons. The SMILES string of the molecule is CCNC(=O)c1cc(OC)c(Cl)c(-c2cc3cnc4[nH]c(CCCCN5CCOCC5)cc4c3n(CC)c2=O)c1Cl. The van der Waals surface area contributed by atoms with Gasteiger partial charge in [-0.2, -0.15) is 0 Å². The maximum atomic E-state index is 14.0. The van der Waals surface area contributed by atoms with Gasteiger partial charge in [0, 0.05) is 54.4 Å². The highest BCUT2D eigenvalue weighted by Gasteiger charge is 2.25. The van der Waals surface area contributed by atoms with E-state index < -0.39 is 0 Å². The molecule has 4 aromatic rings. The molecular formula is C30H35Cl2N5O4. The summed E-state index contributed by atoms with van der Waals surface area (Å²) in [5.74, 6) is -0.120. The Morgan fingerprint density at radius 1 is 1.15 bits per heavy atom. The van der Waals surface area contributed by atoms with Crippen LogP contribution in [0.15, 0.2) is 29.2 Å². The number of aryl methyl sites for hydroxylation is 2. The molecule has 0 atom stereocenters. The molecule has 3 aromatic heterocycles. The number of aromatic amines is 1. The normalized spacial score (nSPS) is 14.2. The van der Waals surface area contributed by atoms with Crippen molar-refractivity contribution in [2.75, 3.05) is 46.5 Å². The van der Waals surface area contributed by atoms with E-state index in [1.807, 2.05) is 13.8 Å². The first kappa shape index (κ1) is 29.4. The molecule has 1 aromatic carbocycles. The number of benzene rings is 1. The van der Waals surface area contributed by atoms with Crippen molar-refractivity contribution in [2.45, 2.75) is 39.7 Å². The standard InChI is InChI=1S/C30H35Cl2N5O4/c1-4-33-29(38)21-16-23(40-3)26(32)24(25(21)31)20-14-18-17-34-28-22(27(18)37(5-2)30(20)39)15-19(35-28)8-6-7-9-36-10-12-41-13-11-36/h14-17H,4-13H2,1-3H3,(H,33,38)(H,34,35). The van der Waals surface area contributed by atoms with Gasteiger partial charge in [0.1, 0.15) is 11.4 Å². The van der Waals surface area contributed by atoms with E-state index in [1.165, 1.54) is 13.2 Å².